The molecule has 0 spiro atoms. The van der Waals surface area contributed by atoms with Gasteiger partial charge in [-0.1, -0.05) is 0 Å². The van der Waals surface area contributed by atoms with E-state index < -0.39 is 0 Å². The van der Waals surface area contributed by atoms with Crippen molar-refractivity contribution in [1.82, 2.24) is 0 Å². The van der Waals surface area contributed by atoms with E-state index in [9.17, 15) is 9.90 Å². The first kappa shape index (κ1) is 9.00. The summed E-state index contributed by atoms with van der Waals surface area (Å²) in [6.07, 6.45) is 2.51. The van der Waals surface area contributed by atoms with Crippen LogP contribution >= 0.6 is 0 Å². The molecule has 4 atom stereocenters. The van der Waals surface area contributed by atoms with Crippen LogP contribution < -0.4 is 0 Å². The van der Waals surface area contributed by atoms with Crippen LogP contribution in [0.15, 0.2) is 0 Å². The maximum atomic E-state index is 11.4. The van der Waals surface area contributed by atoms with Gasteiger partial charge in [0.1, 0.15) is 0 Å². The first-order valence-corrected chi connectivity index (χ1v) is 5.07. The van der Waals surface area contributed by atoms with E-state index in [1.807, 2.05) is 6.92 Å². The van der Waals surface area contributed by atoms with E-state index in [1.165, 1.54) is 0 Å². The Balaban J connectivity index is 1.87. The Morgan fingerprint density at radius 1 is 1.46 bits per heavy atom. The topological polar surface area (TPSA) is 46.5 Å². The average molecular weight is 184 g/mol. The van der Waals surface area contributed by atoms with Gasteiger partial charge >= 0.3 is 5.97 Å². The summed E-state index contributed by atoms with van der Waals surface area (Å²) in [4.78, 5) is 11.4. The zero-order valence-corrected chi connectivity index (χ0v) is 7.90. The number of ether oxygens (including phenoxy) is 1. The van der Waals surface area contributed by atoms with Crippen LogP contribution in [0.1, 0.15) is 26.2 Å². The number of rotatable bonds is 2. The van der Waals surface area contributed by atoms with Gasteiger partial charge in [-0.2, -0.15) is 0 Å². The lowest BCUT2D eigenvalue weighted by Crippen LogP contribution is -2.37. The van der Waals surface area contributed by atoms with Crippen molar-refractivity contribution in [2.75, 3.05) is 6.61 Å². The number of carbonyl (C=O) groups excluding carboxylic acids is 1. The molecule has 2 fully saturated rings. The van der Waals surface area contributed by atoms with Gasteiger partial charge in [0.15, 0.2) is 0 Å². The number of aliphatic hydroxyl groups excluding tert-OH is 1. The molecular weight excluding hydrogens is 168 g/mol. The molecule has 0 aromatic rings. The first-order chi connectivity index (χ1) is 6.22. The highest BCUT2D eigenvalue weighted by Gasteiger charge is 2.49. The highest BCUT2D eigenvalue weighted by molar-refractivity contribution is 5.73. The van der Waals surface area contributed by atoms with Crippen molar-refractivity contribution >= 4 is 5.97 Å². The first-order valence-electron chi connectivity index (χ1n) is 5.07. The fraction of sp³-hybridized carbons (Fsp3) is 0.900. The normalized spacial score (nSPS) is 42.3. The highest BCUT2D eigenvalue weighted by Crippen LogP contribution is 2.49. The van der Waals surface area contributed by atoms with Crippen molar-refractivity contribution in [2.24, 2.45) is 17.8 Å². The van der Waals surface area contributed by atoms with Crippen LogP contribution in [0.4, 0.5) is 0 Å². The second-order valence-electron chi connectivity index (χ2n) is 4.15. The fourth-order valence-electron chi connectivity index (χ4n) is 2.64. The minimum absolute atomic E-state index is 0.0621. The van der Waals surface area contributed by atoms with Crippen molar-refractivity contribution in [3.05, 3.63) is 0 Å². The van der Waals surface area contributed by atoms with Crippen LogP contribution in [0.2, 0.25) is 0 Å². The summed E-state index contributed by atoms with van der Waals surface area (Å²) in [5, 5.41) is 9.40. The Bertz CT molecular complexity index is 214. The van der Waals surface area contributed by atoms with Gasteiger partial charge in [-0.25, -0.2) is 0 Å². The summed E-state index contributed by atoms with van der Waals surface area (Å²) in [5.41, 5.74) is 0. The molecule has 2 unspecified atom stereocenters. The Hall–Kier alpha value is -0.570. The molecule has 0 saturated heterocycles. The van der Waals surface area contributed by atoms with Gasteiger partial charge in [0.25, 0.3) is 0 Å². The molecule has 2 saturated carbocycles. The van der Waals surface area contributed by atoms with Crippen molar-refractivity contribution in [3.63, 3.8) is 0 Å². The summed E-state index contributed by atoms with van der Waals surface area (Å²) in [5.74, 6) is 0.968. The Kier molecular flexibility index (Phi) is 2.28. The van der Waals surface area contributed by atoms with Gasteiger partial charge in [0.2, 0.25) is 0 Å². The molecule has 0 aliphatic heterocycles. The summed E-state index contributed by atoms with van der Waals surface area (Å²) in [6, 6.07) is 0. The predicted octanol–water partition coefficient (Wildman–Crippen LogP) is 0.957. The molecule has 2 rings (SSSR count). The lowest BCUT2D eigenvalue weighted by atomic mass is 9.74. The number of aliphatic hydroxyl groups is 1. The minimum Gasteiger partial charge on any atom is -0.466 e. The molecule has 1 N–H and O–H groups in total. The molecular formula is C10H16O3. The zero-order chi connectivity index (χ0) is 9.42. The van der Waals surface area contributed by atoms with Crippen LogP contribution in [0.3, 0.4) is 0 Å². The monoisotopic (exact) mass is 184 g/mol. The van der Waals surface area contributed by atoms with E-state index in [2.05, 4.69) is 0 Å². The molecule has 0 amide bonds. The van der Waals surface area contributed by atoms with Crippen molar-refractivity contribution in [1.29, 1.82) is 0 Å². The number of fused-ring (bicyclic) bond motifs is 1. The molecule has 74 valence electrons. The second kappa shape index (κ2) is 3.29. The Morgan fingerprint density at radius 3 is 2.77 bits per heavy atom. The Morgan fingerprint density at radius 2 is 2.23 bits per heavy atom. The van der Waals surface area contributed by atoms with Gasteiger partial charge in [0.05, 0.1) is 18.6 Å². The number of esters is 1. The summed E-state index contributed by atoms with van der Waals surface area (Å²) >= 11 is 0. The molecule has 0 radical (unpaired) electrons. The van der Waals surface area contributed by atoms with E-state index in [-0.39, 0.29) is 18.0 Å². The largest absolute Gasteiger partial charge is 0.466 e. The van der Waals surface area contributed by atoms with E-state index in [1.54, 1.807) is 0 Å². The van der Waals surface area contributed by atoms with Crippen molar-refractivity contribution < 1.29 is 14.6 Å². The zero-order valence-electron chi connectivity index (χ0n) is 7.90. The van der Waals surface area contributed by atoms with Crippen LogP contribution in [0.25, 0.3) is 0 Å². The van der Waals surface area contributed by atoms with E-state index in [4.69, 9.17) is 4.74 Å². The predicted molar refractivity (Wildman–Crippen MR) is 47.0 cm³/mol. The van der Waals surface area contributed by atoms with Gasteiger partial charge in [-0.15, -0.1) is 0 Å². The standard InChI is InChI=1S/C10H16O3/c1-2-13-10(12)7-3-6-5-9(11)8(6)4-7/h6-9,11H,2-5H2,1H3/t6-,7?,8-,9?/m1/s1. The van der Waals surface area contributed by atoms with E-state index >= 15 is 0 Å². The highest BCUT2D eigenvalue weighted by atomic mass is 16.5. The van der Waals surface area contributed by atoms with Gasteiger partial charge in [0, 0.05) is 0 Å². The van der Waals surface area contributed by atoms with Gasteiger partial charge < -0.3 is 9.84 Å². The fourth-order valence-corrected chi connectivity index (χ4v) is 2.64. The van der Waals surface area contributed by atoms with E-state index in [0.29, 0.717) is 18.4 Å². The summed E-state index contributed by atoms with van der Waals surface area (Å²) < 4.78 is 4.96. The number of hydrogen-bond donors (Lipinski definition) is 1. The minimum atomic E-state index is -0.149. The molecule has 0 bridgehead atoms. The smallest absolute Gasteiger partial charge is 0.308 e. The van der Waals surface area contributed by atoms with E-state index in [0.717, 1.165) is 19.3 Å². The van der Waals surface area contributed by atoms with Crippen LogP contribution in [0, 0.1) is 17.8 Å². The molecule has 2 aliphatic carbocycles. The molecule has 0 heterocycles. The summed E-state index contributed by atoms with van der Waals surface area (Å²) in [7, 11) is 0. The molecule has 0 aromatic heterocycles. The lowest BCUT2D eigenvalue weighted by molar-refractivity contribution is -0.147. The lowest BCUT2D eigenvalue weighted by Gasteiger charge is -2.36. The molecule has 2 aliphatic rings. The quantitative estimate of drug-likeness (QED) is 0.650. The van der Waals surface area contributed by atoms with Crippen LogP contribution in [0.5, 0.6) is 0 Å². The molecule has 3 heteroatoms. The average Bonchev–Trinajstić information content (AvgIpc) is 2.43. The molecule has 3 nitrogen and oxygen atoms in total. The second-order valence-corrected chi connectivity index (χ2v) is 4.15. The Labute approximate surface area is 78.1 Å². The third-order valence-electron chi connectivity index (χ3n) is 3.41. The maximum Gasteiger partial charge on any atom is 0.308 e. The number of hydrogen-bond acceptors (Lipinski definition) is 3. The maximum absolute atomic E-state index is 11.4. The molecule has 0 aromatic carbocycles. The van der Waals surface area contributed by atoms with Gasteiger partial charge in [-0.05, 0) is 38.0 Å². The van der Waals surface area contributed by atoms with Crippen LogP contribution in [-0.2, 0) is 9.53 Å². The van der Waals surface area contributed by atoms with Crippen molar-refractivity contribution in [2.45, 2.75) is 32.3 Å². The van der Waals surface area contributed by atoms with Crippen molar-refractivity contribution in [3.8, 4) is 0 Å². The van der Waals surface area contributed by atoms with Gasteiger partial charge in [-0.3, -0.25) is 4.79 Å². The number of carbonyl (C=O) groups is 1. The summed E-state index contributed by atoms with van der Waals surface area (Å²) in [6.45, 7) is 2.30. The van der Waals surface area contributed by atoms with Crippen LogP contribution in [-0.4, -0.2) is 23.8 Å². The SMILES string of the molecule is CCOC(=O)C1C[C@@H]2CC(O)[C@@H]2C1. The third kappa shape index (κ3) is 1.46. The third-order valence-corrected chi connectivity index (χ3v) is 3.41. The molecule has 13 heavy (non-hydrogen) atoms.